The Bertz CT molecular complexity index is 946. The van der Waals surface area contributed by atoms with Gasteiger partial charge in [0, 0.05) is 18.3 Å². The minimum atomic E-state index is -0.259. The summed E-state index contributed by atoms with van der Waals surface area (Å²) in [6.45, 7) is 4.64. The summed E-state index contributed by atoms with van der Waals surface area (Å²) in [6.07, 6.45) is -0.259. The number of benzene rings is 2. The number of thioether (sulfide) groups is 1. The SMILES string of the molecule is CCn1c(SCC(=O)Nc2cccc(OC)c2)nnc1[C@H](C)Oc1ccccc1. The van der Waals surface area contributed by atoms with E-state index in [1.165, 1.54) is 11.8 Å². The van der Waals surface area contributed by atoms with Crippen LogP contribution in [0.3, 0.4) is 0 Å². The maximum atomic E-state index is 12.3. The van der Waals surface area contributed by atoms with Crippen molar-refractivity contribution >= 4 is 23.4 Å². The second-order valence-electron chi connectivity index (χ2n) is 6.23. The lowest BCUT2D eigenvalue weighted by Crippen LogP contribution is -2.15. The monoisotopic (exact) mass is 412 g/mol. The van der Waals surface area contributed by atoms with Crippen molar-refractivity contribution < 1.29 is 14.3 Å². The Balaban J connectivity index is 1.61. The second kappa shape index (κ2) is 9.97. The average molecular weight is 413 g/mol. The van der Waals surface area contributed by atoms with Gasteiger partial charge in [0.2, 0.25) is 5.91 Å². The highest BCUT2D eigenvalue weighted by Gasteiger charge is 2.19. The van der Waals surface area contributed by atoms with Crippen molar-refractivity contribution in [3.05, 3.63) is 60.4 Å². The van der Waals surface area contributed by atoms with Crippen LogP contribution >= 0.6 is 11.8 Å². The molecule has 1 aromatic heterocycles. The lowest BCUT2D eigenvalue weighted by Gasteiger charge is -2.15. The molecule has 7 nitrogen and oxygen atoms in total. The number of rotatable bonds is 9. The first-order chi connectivity index (χ1) is 14.1. The zero-order valence-electron chi connectivity index (χ0n) is 16.7. The molecule has 1 atom stereocenters. The van der Waals surface area contributed by atoms with Crippen molar-refractivity contribution in [1.29, 1.82) is 0 Å². The third-order valence-corrected chi connectivity index (χ3v) is 5.13. The molecule has 29 heavy (non-hydrogen) atoms. The number of hydrogen-bond acceptors (Lipinski definition) is 6. The van der Waals surface area contributed by atoms with Gasteiger partial charge in [-0.3, -0.25) is 4.79 Å². The van der Waals surface area contributed by atoms with Crippen LogP contribution in [0, 0.1) is 0 Å². The predicted octanol–water partition coefficient (Wildman–Crippen LogP) is 4.18. The molecule has 3 rings (SSSR count). The number of para-hydroxylation sites is 1. The van der Waals surface area contributed by atoms with E-state index in [0.717, 1.165) is 11.6 Å². The maximum absolute atomic E-state index is 12.3. The Labute approximate surface area is 174 Å². The molecule has 8 heteroatoms. The van der Waals surface area contributed by atoms with Gasteiger partial charge in [-0.1, -0.05) is 36.0 Å². The summed E-state index contributed by atoms with van der Waals surface area (Å²) in [6, 6.07) is 16.9. The van der Waals surface area contributed by atoms with E-state index in [9.17, 15) is 4.79 Å². The minimum absolute atomic E-state index is 0.121. The number of carbonyl (C=O) groups excluding carboxylic acids is 1. The van der Waals surface area contributed by atoms with Crippen LogP contribution in [-0.4, -0.2) is 33.5 Å². The molecule has 0 aliphatic heterocycles. The molecule has 0 bridgehead atoms. The molecule has 0 unspecified atom stereocenters. The molecule has 0 aliphatic rings. The fourth-order valence-electron chi connectivity index (χ4n) is 2.79. The summed E-state index contributed by atoms with van der Waals surface area (Å²) in [7, 11) is 1.59. The molecule has 1 N–H and O–H groups in total. The van der Waals surface area contributed by atoms with Crippen molar-refractivity contribution in [2.75, 3.05) is 18.2 Å². The zero-order valence-corrected chi connectivity index (χ0v) is 17.5. The molecule has 152 valence electrons. The molecule has 0 fully saturated rings. The Morgan fingerprint density at radius 3 is 2.62 bits per heavy atom. The number of nitrogens with one attached hydrogen (secondary N) is 1. The summed E-state index contributed by atoms with van der Waals surface area (Å²) >= 11 is 1.34. The van der Waals surface area contributed by atoms with Crippen molar-refractivity contribution in [2.45, 2.75) is 31.7 Å². The largest absolute Gasteiger partial charge is 0.497 e. The highest BCUT2D eigenvalue weighted by molar-refractivity contribution is 7.99. The van der Waals surface area contributed by atoms with Gasteiger partial charge in [-0.05, 0) is 38.1 Å². The van der Waals surface area contributed by atoms with Crippen molar-refractivity contribution in [1.82, 2.24) is 14.8 Å². The van der Waals surface area contributed by atoms with E-state index < -0.39 is 0 Å². The highest BCUT2D eigenvalue weighted by Crippen LogP contribution is 2.25. The van der Waals surface area contributed by atoms with Gasteiger partial charge in [-0.25, -0.2) is 0 Å². The molecule has 3 aromatic rings. The van der Waals surface area contributed by atoms with E-state index in [0.29, 0.717) is 23.1 Å². The number of nitrogens with zero attached hydrogens (tertiary/aromatic N) is 3. The van der Waals surface area contributed by atoms with Crippen LogP contribution in [0.25, 0.3) is 0 Å². The Morgan fingerprint density at radius 2 is 1.90 bits per heavy atom. The van der Waals surface area contributed by atoms with Crippen LogP contribution in [0.2, 0.25) is 0 Å². The minimum Gasteiger partial charge on any atom is -0.497 e. The van der Waals surface area contributed by atoms with Crippen LogP contribution in [0.1, 0.15) is 25.8 Å². The number of methoxy groups -OCH3 is 1. The van der Waals surface area contributed by atoms with Gasteiger partial charge in [0.25, 0.3) is 0 Å². The first kappa shape index (κ1) is 20.7. The molecule has 0 saturated carbocycles. The first-order valence-corrected chi connectivity index (χ1v) is 10.3. The third kappa shape index (κ3) is 5.51. The topological polar surface area (TPSA) is 78.3 Å². The van der Waals surface area contributed by atoms with Gasteiger partial charge < -0.3 is 19.4 Å². The summed E-state index contributed by atoms with van der Waals surface area (Å²) in [5.41, 5.74) is 0.692. The number of aromatic nitrogens is 3. The first-order valence-electron chi connectivity index (χ1n) is 9.32. The van der Waals surface area contributed by atoms with Crippen molar-refractivity contribution in [3.63, 3.8) is 0 Å². The lowest BCUT2D eigenvalue weighted by atomic mass is 10.3. The molecular weight excluding hydrogens is 388 g/mol. The average Bonchev–Trinajstić information content (AvgIpc) is 3.16. The summed E-state index contributed by atoms with van der Waals surface area (Å²) in [5, 5.41) is 12.1. The zero-order chi connectivity index (χ0) is 20.6. The Kier molecular flexibility index (Phi) is 7.13. The van der Waals surface area contributed by atoms with E-state index in [1.807, 2.05) is 66.9 Å². The summed E-state index contributed by atoms with van der Waals surface area (Å²) < 4.78 is 13.1. The van der Waals surface area contributed by atoms with Crippen LogP contribution in [0.5, 0.6) is 11.5 Å². The van der Waals surface area contributed by atoms with E-state index in [4.69, 9.17) is 9.47 Å². The molecule has 0 radical (unpaired) electrons. The van der Waals surface area contributed by atoms with E-state index in [2.05, 4.69) is 15.5 Å². The number of ether oxygens (including phenoxy) is 2. The van der Waals surface area contributed by atoms with Gasteiger partial charge in [-0.15, -0.1) is 10.2 Å². The van der Waals surface area contributed by atoms with E-state index in [-0.39, 0.29) is 17.8 Å². The predicted molar refractivity (Wildman–Crippen MR) is 114 cm³/mol. The molecular formula is C21H24N4O3S. The Hall–Kier alpha value is -3.00. The van der Waals surface area contributed by atoms with E-state index >= 15 is 0 Å². The quantitative estimate of drug-likeness (QED) is 0.531. The van der Waals surface area contributed by atoms with Crippen molar-refractivity contribution in [2.24, 2.45) is 0 Å². The van der Waals surface area contributed by atoms with Gasteiger partial charge in [-0.2, -0.15) is 0 Å². The molecule has 0 saturated heterocycles. The van der Waals surface area contributed by atoms with E-state index in [1.54, 1.807) is 13.2 Å². The molecule has 1 heterocycles. The maximum Gasteiger partial charge on any atom is 0.234 e. The van der Waals surface area contributed by atoms with Crippen LogP contribution in [0.4, 0.5) is 5.69 Å². The van der Waals surface area contributed by atoms with Gasteiger partial charge in [0.1, 0.15) is 11.5 Å². The van der Waals surface area contributed by atoms with Crippen LogP contribution in [-0.2, 0) is 11.3 Å². The highest BCUT2D eigenvalue weighted by atomic mass is 32.2. The van der Waals surface area contributed by atoms with Gasteiger partial charge in [0.05, 0.1) is 12.9 Å². The van der Waals surface area contributed by atoms with Gasteiger partial charge >= 0.3 is 0 Å². The summed E-state index contributed by atoms with van der Waals surface area (Å²) in [4.78, 5) is 12.3. The number of hydrogen-bond donors (Lipinski definition) is 1. The number of carbonyl (C=O) groups is 1. The smallest absolute Gasteiger partial charge is 0.234 e. The van der Waals surface area contributed by atoms with Gasteiger partial charge in [0.15, 0.2) is 17.1 Å². The third-order valence-electron chi connectivity index (χ3n) is 4.17. The van der Waals surface area contributed by atoms with Crippen LogP contribution in [0.15, 0.2) is 59.8 Å². The second-order valence-corrected chi connectivity index (χ2v) is 7.17. The van der Waals surface area contributed by atoms with Crippen molar-refractivity contribution in [3.8, 4) is 11.5 Å². The lowest BCUT2D eigenvalue weighted by molar-refractivity contribution is -0.113. The van der Waals surface area contributed by atoms with Crippen LogP contribution < -0.4 is 14.8 Å². The standard InChI is InChI=1S/C21H24N4O3S/c1-4-25-20(15(2)28-17-10-6-5-7-11-17)23-24-21(25)29-14-19(26)22-16-9-8-12-18(13-16)27-3/h5-13,15H,4,14H2,1-3H3,(H,22,26)/t15-/m0/s1. The fourth-order valence-corrected chi connectivity index (χ4v) is 3.60. The molecule has 1 amide bonds. The molecule has 2 aromatic carbocycles. The molecule has 0 spiro atoms. The normalized spacial score (nSPS) is 11.7. The fraction of sp³-hybridized carbons (Fsp3) is 0.286. The number of anilines is 1. The summed E-state index contributed by atoms with van der Waals surface area (Å²) in [5.74, 6) is 2.30. The number of amides is 1. The Morgan fingerprint density at radius 1 is 1.14 bits per heavy atom. The molecule has 0 aliphatic carbocycles.